The van der Waals surface area contributed by atoms with E-state index < -0.39 is 0 Å². The standard InChI is InChI=1S/C26H19FN8O/c1-2-22(36)31-17-9-15(11-28-12-17)20-10-19-21(13-30-20)34-35-24(19)26-32-23-18(6-7-29-25(23)33-26)14-4-3-5-16(27)8-14/h3-13H,2H2,1H3,(H,31,36)(H,34,35)(H,29,32,33). The molecule has 0 atom stereocenters. The van der Waals surface area contributed by atoms with Crippen LogP contribution in [-0.2, 0) is 4.79 Å². The highest BCUT2D eigenvalue weighted by atomic mass is 19.1. The first-order valence-electron chi connectivity index (χ1n) is 11.3. The van der Waals surface area contributed by atoms with Gasteiger partial charge >= 0.3 is 0 Å². The quantitative estimate of drug-likeness (QED) is 0.316. The Balaban J connectivity index is 1.43. The van der Waals surface area contributed by atoms with E-state index in [-0.39, 0.29) is 11.7 Å². The zero-order valence-electron chi connectivity index (χ0n) is 19.1. The maximum absolute atomic E-state index is 13.9. The van der Waals surface area contributed by atoms with Gasteiger partial charge in [-0.3, -0.25) is 19.9 Å². The summed E-state index contributed by atoms with van der Waals surface area (Å²) in [5.74, 6) is 0.112. The number of pyridine rings is 3. The number of halogens is 1. The number of H-pyrrole nitrogens is 2. The van der Waals surface area contributed by atoms with E-state index in [9.17, 15) is 9.18 Å². The number of hydrogen-bond acceptors (Lipinski definition) is 6. The number of carbonyl (C=O) groups is 1. The molecule has 5 heterocycles. The van der Waals surface area contributed by atoms with Crippen molar-refractivity contribution in [2.45, 2.75) is 13.3 Å². The van der Waals surface area contributed by atoms with Gasteiger partial charge in [0.2, 0.25) is 5.91 Å². The monoisotopic (exact) mass is 478 g/mol. The molecule has 0 spiro atoms. The second-order valence-electron chi connectivity index (χ2n) is 8.20. The number of carbonyl (C=O) groups excluding carboxylic acids is 1. The number of nitrogens with zero attached hydrogens (tertiary/aromatic N) is 5. The van der Waals surface area contributed by atoms with Crippen molar-refractivity contribution in [1.29, 1.82) is 0 Å². The fourth-order valence-corrected chi connectivity index (χ4v) is 4.07. The van der Waals surface area contributed by atoms with Crippen molar-refractivity contribution < 1.29 is 9.18 Å². The van der Waals surface area contributed by atoms with Crippen LogP contribution >= 0.6 is 0 Å². The fourth-order valence-electron chi connectivity index (χ4n) is 4.07. The van der Waals surface area contributed by atoms with Gasteiger partial charge in [-0.2, -0.15) is 5.10 Å². The van der Waals surface area contributed by atoms with Gasteiger partial charge in [0.15, 0.2) is 11.5 Å². The van der Waals surface area contributed by atoms with Crippen LogP contribution in [0.1, 0.15) is 13.3 Å². The smallest absolute Gasteiger partial charge is 0.224 e. The van der Waals surface area contributed by atoms with E-state index in [1.165, 1.54) is 12.1 Å². The molecule has 5 aromatic heterocycles. The molecule has 0 unspecified atom stereocenters. The van der Waals surface area contributed by atoms with E-state index in [1.807, 2.05) is 24.3 Å². The molecular weight excluding hydrogens is 459 g/mol. The molecule has 9 nitrogen and oxygen atoms in total. The number of fused-ring (bicyclic) bond motifs is 2. The van der Waals surface area contributed by atoms with Crippen molar-refractivity contribution in [2.75, 3.05) is 5.32 Å². The zero-order chi connectivity index (χ0) is 24.6. The van der Waals surface area contributed by atoms with Crippen LogP contribution < -0.4 is 5.32 Å². The highest BCUT2D eigenvalue weighted by molar-refractivity contribution is 5.97. The first-order chi connectivity index (χ1) is 17.6. The molecule has 3 N–H and O–H groups in total. The van der Waals surface area contributed by atoms with Crippen molar-refractivity contribution in [3.8, 4) is 33.9 Å². The SMILES string of the molecule is CCC(=O)Nc1cncc(-c2cc3c(-c4nc5nccc(-c6cccc(F)c6)c5[nH]4)n[nH]c3cn2)c1. The Morgan fingerprint density at radius 2 is 1.97 bits per heavy atom. The third-order valence-electron chi connectivity index (χ3n) is 5.84. The average Bonchev–Trinajstić information content (AvgIpc) is 3.52. The Morgan fingerprint density at radius 3 is 2.83 bits per heavy atom. The molecular formula is C26H19FN8O. The second kappa shape index (κ2) is 8.66. The summed E-state index contributed by atoms with van der Waals surface area (Å²) in [5, 5.41) is 11.1. The van der Waals surface area contributed by atoms with E-state index >= 15 is 0 Å². The van der Waals surface area contributed by atoms with Gasteiger partial charge in [0.1, 0.15) is 11.5 Å². The summed E-state index contributed by atoms with van der Waals surface area (Å²) < 4.78 is 13.9. The second-order valence-corrected chi connectivity index (χ2v) is 8.20. The van der Waals surface area contributed by atoms with E-state index in [4.69, 9.17) is 0 Å². The molecule has 36 heavy (non-hydrogen) atoms. The maximum atomic E-state index is 13.9. The Bertz CT molecular complexity index is 1760. The highest BCUT2D eigenvalue weighted by Crippen LogP contribution is 2.32. The Kier molecular flexibility index (Phi) is 5.18. The first kappa shape index (κ1) is 21.5. The number of imidazole rings is 1. The molecule has 0 aliphatic rings. The number of aromatic nitrogens is 7. The molecule has 1 amide bonds. The topological polar surface area (TPSA) is 125 Å². The summed E-state index contributed by atoms with van der Waals surface area (Å²) in [7, 11) is 0. The van der Waals surface area contributed by atoms with Crippen LogP contribution in [0, 0.1) is 5.82 Å². The van der Waals surface area contributed by atoms with Crippen LogP contribution in [0.15, 0.2) is 67.3 Å². The lowest BCUT2D eigenvalue weighted by Gasteiger charge is -2.06. The molecule has 0 saturated carbocycles. The largest absolute Gasteiger partial charge is 0.335 e. The molecule has 0 aliphatic heterocycles. The molecule has 6 rings (SSSR count). The third kappa shape index (κ3) is 3.84. The molecule has 0 aliphatic carbocycles. The molecule has 6 aromatic rings. The highest BCUT2D eigenvalue weighted by Gasteiger charge is 2.17. The Morgan fingerprint density at radius 1 is 1.06 bits per heavy atom. The number of amides is 1. The van der Waals surface area contributed by atoms with Crippen LogP contribution in [-0.4, -0.2) is 41.0 Å². The fraction of sp³-hybridized carbons (Fsp3) is 0.0769. The van der Waals surface area contributed by atoms with Crippen LogP contribution in [0.25, 0.3) is 56.0 Å². The van der Waals surface area contributed by atoms with Crippen molar-refractivity contribution in [1.82, 2.24) is 35.1 Å². The van der Waals surface area contributed by atoms with Gasteiger partial charge in [0, 0.05) is 35.3 Å². The van der Waals surface area contributed by atoms with E-state index in [1.54, 1.807) is 37.8 Å². The summed E-state index contributed by atoms with van der Waals surface area (Å²) >= 11 is 0. The lowest BCUT2D eigenvalue weighted by atomic mass is 10.1. The number of benzene rings is 1. The van der Waals surface area contributed by atoms with Gasteiger partial charge in [-0.05, 0) is 35.9 Å². The maximum Gasteiger partial charge on any atom is 0.224 e. The lowest BCUT2D eigenvalue weighted by Crippen LogP contribution is -2.09. The van der Waals surface area contributed by atoms with Crippen molar-refractivity contribution >= 4 is 33.7 Å². The Labute approximate surface area is 203 Å². The van der Waals surface area contributed by atoms with Crippen LogP contribution in [0.4, 0.5) is 10.1 Å². The lowest BCUT2D eigenvalue weighted by molar-refractivity contribution is -0.115. The van der Waals surface area contributed by atoms with Gasteiger partial charge in [-0.15, -0.1) is 0 Å². The molecule has 176 valence electrons. The zero-order valence-corrected chi connectivity index (χ0v) is 19.1. The molecule has 1 aromatic carbocycles. The summed E-state index contributed by atoms with van der Waals surface area (Å²) in [6, 6.07) is 11.9. The van der Waals surface area contributed by atoms with Gasteiger partial charge in [-0.1, -0.05) is 19.1 Å². The summed E-state index contributed by atoms with van der Waals surface area (Å²) in [6.07, 6.45) is 7.00. The predicted molar refractivity (Wildman–Crippen MR) is 134 cm³/mol. The third-order valence-corrected chi connectivity index (χ3v) is 5.84. The van der Waals surface area contributed by atoms with Gasteiger partial charge < -0.3 is 10.3 Å². The minimum atomic E-state index is -0.316. The Hall–Kier alpha value is -4.99. The van der Waals surface area contributed by atoms with Gasteiger partial charge in [0.05, 0.1) is 34.8 Å². The van der Waals surface area contributed by atoms with Crippen molar-refractivity contribution in [2.24, 2.45) is 0 Å². The first-order valence-corrected chi connectivity index (χ1v) is 11.3. The number of nitrogens with one attached hydrogen (secondary N) is 3. The van der Waals surface area contributed by atoms with Crippen LogP contribution in [0.5, 0.6) is 0 Å². The number of aromatic amines is 2. The average molecular weight is 478 g/mol. The van der Waals surface area contributed by atoms with E-state index in [0.29, 0.717) is 40.5 Å². The molecule has 10 heteroatoms. The molecule has 0 bridgehead atoms. The van der Waals surface area contributed by atoms with Gasteiger partial charge in [0.25, 0.3) is 0 Å². The van der Waals surface area contributed by atoms with E-state index in [0.717, 1.165) is 27.6 Å². The summed E-state index contributed by atoms with van der Waals surface area (Å²) in [5.41, 5.74) is 6.04. The van der Waals surface area contributed by atoms with Gasteiger partial charge in [-0.25, -0.2) is 14.4 Å². The minimum absolute atomic E-state index is 0.0920. The van der Waals surface area contributed by atoms with E-state index in [2.05, 4.69) is 40.4 Å². The predicted octanol–water partition coefficient (Wildman–Crippen LogP) is 5.11. The van der Waals surface area contributed by atoms with Crippen molar-refractivity contribution in [3.63, 3.8) is 0 Å². The normalized spacial score (nSPS) is 11.3. The summed E-state index contributed by atoms with van der Waals surface area (Å²) in [4.78, 5) is 32.9. The molecule has 0 fully saturated rings. The molecule has 0 radical (unpaired) electrons. The van der Waals surface area contributed by atoms with Crippen LogP contribution in [0.2, 0.25) is 0 Å². The van der Waals surface area contributed by atoms with Crippen molar-refractivity contribution in [3.05, 3.63) is 73.1 Å². The summed E-state index contributed by atoms with van der Waals surface area (Å²) in [6.45, 7) is 1.79. The molecule has 0 saturated heterocycles. The number of anilines is 1. The van der Waals surface area contributed by atoms with Crippen LogP contribution in [0.3, 0.4) is 0 Å². The minimum Gasteiger partial charge on any atom is -0.335 e. The number of rotatable bonds is 5. The number of hydrogen-bond donors (Lipinski definition) is 3.